The molecular weight excluding hydrogens is 256 g/mol. The minimum atomic E-state index is -0.696. The van der Waals surface area contributed by atoms with Gasteiger partial charge in [-0.05, 0) is 25.8 Å². The number of nitrogens with two attached hydrogens (primary N) is 1. The topological polar surface area (TPSA) is 92.4 Å². The van der Waals surface area contributed by atoms with E-state index in [4.69, 9.17) is 10.8 Å². The highest BCUT2D eigenvalue weighted by atomic mass is 16.4. The van der Waals surface area contributed by atoms with Crippen molar-refractivity contribution in [2.45, 2.75) is 70.6 Å². The Balaban J connectivity index is 3.09. The van der Waals surface area contributed by atoms with Gasteiger partial charge in [-0.15, -0.1) is 0 Å². The highest BCUT2D eigenvalue weighted by Crippen LogP contribution is 2.09. The smallest absolute Gasteiger partial charge is 0.303 e. The van der Waals surface area contributed by atoms with Crippen molar-refractivity contribution < 1.29 is 14.7 Å². The van der Waals surface area contributed by atoms with Gasteiger partial charge in [0, 0.05) is 19.4 Å². The molecular formula is C15H30N2O3. The SMILES string of the molecule is NCCCC(=O)NCCCCCCCCCCC(=O)O. The summed E-state index contributed by atoms with van der Waals surface area (Å²) in [5.41, 5.74) is 5.34. The van der Waals surface area contributed by atoms with Crippen LogP contribution in [0, 0.1) is 0 Å². The van der Waals surface area contributed by atoms with Crippen molar-refractivity contribution in [3.05, 3.63) is 0 Å². The number of hydrogen-bond acceptors (Lipinski definition) is 3. The Kier molecular flexibility index (Phi) is 13.5. The van der Waals surface area contributed by atoms with Crippen LogP contribution in [0.25, 0.3) is 0 Å². The summed E-state index contributed by atoms with van der Waals surface area (Å²) in [5.74, 6) is -0.590. The monoisotopic (exact) mass is 286 g/mol. The third kappa shape index (κ3) is 15.0. The summed E-state index contributed by atoms with van der Waals surface area (Å²) >= 11 is 0. The molecule has 0 radical (unpaired) electrons. The molecule has 20 heavy (non-hydrogen) atoms. The Bertz CT molecular complexity index is 258. The highest BCUT2D eigenvalue weighted by Gasteiger charge is 1.99. The Labute approximate surface area is 122 Å². The molecule has 0 heterocycles. The fourth-order valence-corrected chi connectivity index (χ4v) is 2.04. The average Bonchev–Trinajstić information content (AvgIpc) is 2.42. The summed E-state index contributed by atoms with van der Waals surface area (Å²) in [6.45, 7) is 1.34. The van der Waals surface area contributed by atoms with Gasteiger partial charge in [-0.1, -0.05) is 38.5 Å². The summed E-state index contributed by atoms with van der Waals surface area (Å²) in [6.07, 6.45) is 10.3. The maximum Gasteiger partial charge on any atom is 0.303 e. The van der Waals surface area contributed by atoms with E-state index in [1.54, 1.807) is 0 Å². The van der Waals surface area contributed by atoms with Crippen molar-refractivity contribution in [1.29, 1.82) is 0 Å². The number of carbonyl (C=O) groups is 2. The molecule has 0 spiro atoms. The number of hydrogen-bond donors (Lipinski definition) is 3. The van der Waals surface area contributed by atoms with E-state index in [1.807, 2.05) is 0 Å². The zero-order valence-corrected chi connectivity index (χ0v) is 12.5. The minimum absolute atomic E-state index is 0.105. The molecule has 0 aromatic heterocycles. The Hall–Kier alpha value is -1.10. The number of carboxylic acids is 1. The van der Waals surface area contributed by atoms with E-state index in [-0.39, 0.29) is 5.91 Å². The Morgan fingerprint density at radius 3 is 1.90 bits per heavy atom. The van der Waals surface area contributed by atoms with E-state index in [9.17, 15) is 9.59 Å². The van der Waals surface area contributed by atoms with Crippen LogP contribution >= 0.6 is 0 Å². The van der Waals surface area contributed by atoms with E-state index >= 15 is 0 Å². The lowest BCUT2D eigenvalue weighted by molar-refractivity contribution is -0.137. The van der Waals surface area contributed by atoms with Crippen LogP contribution in [-0.4, -0.2) is 30.1 Å². The summed E-state index contributed by atoms with van der Waals surface area (Å²) in [4.78, 5) is 21.6. The number of rotatable bonds is 14. The fraction of sp³-hybridized carbons (Fsp3) is 0.867. The maximum absolute atomic E-state index is 11.3. The first kappa shape index (κ1) is 18.9. The maximum atomic E-state index is 11.3. The van der Waals surface area contributed by atoms with Crippen LogP contribution in [0.1, 0.15) is 70.6 Å². The van der Waals surface area contributed by atoms with Crippen LogP contribution in [0.2, 0.25) is 0 Å². The molecule has 0 aliphatic carbocycles. The van der Waals surface area contributed by atoms with Gasteiger partial charge in [0.1, 0.15) is 0 Å². The van der Waals surface area contributed by atoms with Gasteiger partial charge in [-0.3, -0.25) is 9.59 Å². The van der Waals surface area contributed by atoms with Crippen LogP contribution < -0.4 is 11.1 Å². The minimum Gasteiger partial charge on any atom is -0.481 e. The second kappa shape index (κ2) is 14.3. The third-order valence-corrected chi connectivity index (χ3v) is 3.25. The third-order valence-electron chi connectivity index (χ3n) is 3.25. The van der Waals surface area contributed by atoms with Crippen molar-refractivity contribution in [2.24, 2.45) is 5.73 Å². The second-order valence-corrected chi connectivity index (χ2v) is 5.21. The van der Waals surface area contributed by atoms with Gasteiger partial charge in [-0.2, -0.15) is 0 Å². The number of aliphatic carboxylic acids is 1. The highest BCUT2D eigenvalue weighted by molar-refractivity contribution is 5.75. The Morgan fingerprint density at radius 2 is 1.35 bits per heavy atom. The van der Waals surface area contributed by atoms with Gasteiger partial charge in [-0.25, -0.2) is 0 Å². The largest absolute Gasteiger partial charge is 0.481 e. The first-order valence-corrected chi connectivity index (χ1v) is 7.85. The quantitative estimate of drug-likeness (QED) is 0.428. The summed E-state index contributed by atoms with van der Waals surface area (Å²) in [7, 11) is 0. The molecule has 0 rings (SSSR count). The van der Waals surface area contributed by atoms with Crippen molar-refractivity contribution >= 4 is 11.9 Å². The molecule has 0 aliphatic heterocycles. The molecule has 118 valence electrons. The lowest BCUT2D eigenvalue weighted by Crippen LogP contribution is -2.24. The van der Waals surface area contributed by atoms with Crippen LogP contribution in [0.5, 0.6) is 0 Å². The first-order valence-electron chi connectivity index (χ1n) is 7.85. The zero-order chi connectivity index (χ0) is 15.1. The van der Waals surface area contributed by atoms with Gasteiger partial charge in [0.15, 0.2) is 0 Å². The molecule has 0 aliphatic rings. The van der Waals surface area contributed by atoms with E-state index in [0.717, 1.165) is 45.1 Å². The molecule has 0 fully saturated rings. The van der Waals surface area contributed by atoms with Crippen molar-refractivity contribution in [3.8, 4) is 0 Å². The van der Waals surface area contributed by atoms with Gasteiger partial charge in [0.2, 0.25) is 5.91 Å². The van der Waals surface area contributed by atoms with Gasteiger partial charge >= 0.3 is 5.97 Å². The van der Waals surface area contributed by atoms with Crippen LogP contribution in [0.3, 0.4) is 0 Å². The number of amides is 1. The molecule has 5 heteroatoms. The molecule has 4 N–H and O–H groups in total. The number of nitrogens with one attached hydrogen (secondary N) is 1. The van der Waals surface area contributed by atoms with Gasteiger partial charge in [0.25, 0.3) is 0 Å². The van der Waals surface area contributed by atoms with Gasteiger partial charge in [0.05, 0.1) is 0 Å². The average molecular weight is 286 g/mol. The predicted molar refractivity (Wildman–Crippen MR) is 80.5 cm³/mol. The second-order valence-electron chi connectivity index (χ2n) is 5.21. The zero-order valence-electron chi connectivity index (χ0n) is 12.5. The van der Waals surface area contributed by atoms with Crippen LogP contribution in [0.15, 0.2) is 0 Å². The molecule has 5 nitrogen and oxygen atoms in total. The van der Waals surface area contributed by atoms with E-state index in [0.29, 0.717) is 19.4 Å². The van der Waals surface area contributed by atoms with E-state index in [2.05, 4.69) is 5.32 Å². The normalized spacial score (nSPS) is 10.4. The molecule has 0 unspecified atom stereocenters. The Morgan fingerprint density at radius 1 is 0.800 bits per heavy atom. The first-order chi connectivity index (χ1) is 9.66. The fourth-order valence-electron chi connectivity index (χ4n) is 2.04. The standard InChI is InChI=1S/C15H30N2O3/c16-12-9-10-14(18)17-13-8-6-4-2-1-3-5-7-11-15(19)20/h1-13,16H2,(H,17,18)(H,19,20). The summed E-state index contributed by atoms with van der Waals surface area (Å²) in [5, 5.41) is 11.4. The van der Waals surface area contributed by atoms with Crippen LogP contribution in [0.4, 0.5) is 0 Å². The molecule has 0 atom stereocenters. The molecule has 0 aromatic rings. The molecule has 1 amide bonds. The predicted octanol–water partition coefficient (Wildman–Crippen LogP) is 2.44. The van der Waals surface area contributed by atoms with Crippen molar-refractivity contribution in [3.63, 3.8) is 0 Å². The summed E-state index contributed by atoms with van der Waals surface area (Å²) in [6, 6.07) is 0. The number of carbonyl (C=O) groups excluding carboxylic acids is 1. The molecule has 0 saturated carbocycles. The molecule has 0 bridgehead atoms. The van der Waals surface area contributed by atoms with Crippen molar-refractivity contribution in [1.82, 2.24) is 5.32 Å². The number of carboxylic acid groups (broad SMARTS) is 1. The molecule has 0 aromatic carbocycles. The van der Waals surface area contributed by atoms with E-state index < -0.39 is 5.97 Å². The lowest BCUT2D eigenvalue weighted by atomic mass is 10.1. The molecule has 0 saturated heterocycles. The lowest BCUT2D eigenvalue weighted by Gasteiger charge is -2.05. The van der Waals surface area contributed by atoms with Crippen molar-refractivity contribution in [2.75, 3.05) is 13.1 Å². The van der Waals surface area contributed by atoms with Crippen LogP contribution in [-0.2, 0) is 9.59 Å². The van der Waals surface area contributed by atoms with E-state index in [1.165, 1.54) is 19.3 Å². The van der Waals surface area contributed by atoms with Gasteiger partial charge < -0.3 is 16.2 Å². The summed E-state index contributed by atoms with van der Waals surface area (Å²) < 4.78 is 0. The number of unbranched alkanes of at least 4 members (excludes halogenated alkanes) is 7.